The normalized spacial score (nSPS) is 23.9. The largest absolute Gasteiger partial charge is 0.493 e. The monoisotopic (exact) mass is 279 g/mol. The van der Waals surface area contributed by atoms with Crippen LogP contribution in [0.3, 0.4) is 0 Å². The average molecular weight is 279 g/mol. The van der Waals surface area contributed by atoms with Crippen LogP contribution in [0.15, 0.2) is 6.20 Å². The van der Waals surface area contributed by atoms with Gasteiger partial charge < -0.3 is 10.1 Å². The number of nitrogens with zero attached hydrogens (tertiary/aromatic N) is 2. The highest BCUT2D eigenvalue weighted by atomic mass is 16.5. The number of aromatic nitrogens is 2. The second-order valence-corrected chi connectivity index (χ2v) is 6.17. The van der Waals surface area contributed by atoms with Gasteiger partial charge in [0.15, 0.2) is 5.75 Å². The van der Waals surface area contributed by atoms with E-state index in [2.05, 4.69) is 35.9 Å². The van der Waals surface area contributed by atoms with Crippen LogP contribution in [0.4, 0.5) is 0 Å². The molecule has 2 heterocycles. The Labute approximate surface area is 122 Å². The molecule has 1 fully saturated rings. The number of methoxy groups -OCH3 is 1. The lowest BCUT2D eigenvalue weighted by Crippen LogP contribution is -2.44. The van der Waals surface area contributed by atoms with Gasteiger partial charge in [0.2, 0.25) is 0 Å². The molecule has 0 saturated carbocycles. The number of rotatable bonds is 5. The summed E-state index contributed by atoms with van der Waals surface area (Å²) in [4.78, 5) is 0. The quantitative estimate of drug-likeness (QED) is 0.894. The number of hydrogen-bond acceptors (Lipinski definition) is 3. The fraction of sp³-hybridized carbons (Fsp3) is 0.812. The molecule has 0 radical (unpaired) electrons. The number of ether oxygens (including phenoxy) is 1. The van der Waals surface area contributed by atoms with Crippen molar-refractivity contribution in [3.8, 4) is 5.75 Å². The zero-order valence-corrected chi connectivity index (χ0v) is 13.4. The van der Waals surface area contributed by atoms with Gasteiger partial charge in [-0.15, -0.1) is 0 Å². The fourth-order valence-electron chi connectivity index (χ4n) is 3.45. The maximum Gasteiger partial charge on any atom is 0.161 e. The van der Waals surface area contributed by atoms with E-state index in [-0.39, 0.29) is 5.54 Å². The third-order valence-corrected chi connectivity index (χ3v) is 4.34. The van der Waals surface area contributed by atoms with Crippen LogP contribution in [0.2, 0.25) is 0 Å². The van der Waals surface area contributed by atoms with Crippen molar-refractivity contribution in [3.05, 3.63) is 11.9 Å². The molecule has 1 saturated heterocycles. The van der Waals surface area contributed by atoms with Gasteiger partial charge in [0.05, 0.1) is 18.8 Å². The molecule has 1 aromatic rings. The van der Waals surface area contributed by atoms with Crippen molar-refractivity contribution < 1.29 is 4.74 Å². The zero-order chi connectivity index (χ0) is 14.6. The van der Waals surface area contributed by atoms with E-state index in [9.17, 15) is 0 Å². The van der Waals surface area contributed by atoms with Gasteiger partial charge in [0.1, 0.15) is 5.69 Å². The van der Waals surface area contributed by atoms with Crippen molar-refractivity contribution in [1.82, 2.24) is 15.1 Å². The molecule has 1 unspecified atom stereocenters. The minimum absolute atomic E-state index is 0.0252. The van der Waals surface area contributed by atoms with E-state index in [0.29, 0.717) is 6.04 Å². The first-order chi connectivity index (χ1) is 9.64. The first-order valence-electron chi connectivity index (χ1n) is 8.01. The summed E-state index contributed by atoms with van der Waals surface area (Å²) < 4.78 is 7.76. The van der Waals surface area contributed by atoms with E-state index in [1.54, 1.807) is 7.11 Å². The summed E-state index contributed by atoms with van der Waals surface area (Å²) in [5, 5.41) is 8.40. The first-order valence-corrected chi connectivity index (χ1v) is 8.01. The van der Waals surface area contributed by atoms with Crippen LogP contribution in [0.5, 0.6) is 5.75 Å². The van der Waals surface area contributed by atoms with Crippen LogP contribution in [0, 0.1) is 0 Å². The molecule has 4 nitrogen and oxygen atoms in total. The third kappa shape index (κ3) is 2.85. The summed E-state index contributed by atoms with van der Waals surface area (Å²) in [7, 11) is 1.75. The van der Waals surface area contributed by atoms with Crippen LogP contribution >= 0.6 is 0 Å². The molecule has 20 heavy (non-hydrogen) atoms. The van der Waals surface area contributed by atoms with Crippen LogP contribution in [0.1, 0.15) is 71.0 Å². The van der Waals surface area contributed by atoms with Crippen molar-refractivity contribution in [1.29, 1.82) is 0 Å². The van der Waals surface area contributed by atoms with Gasteiger partial charge in [0, 0.05) is 6.04 Å². The van der Waals surface area contributed by atoms with E-state index in [1.807, 2.05) is 6.20 Å². The van der Waals surface area contributed by atoms with Crippen LogP contribution < -0.4 is 10.1 Å². The van der Waals surface area contributed by atoms with E-state index >= 15 is 0 Å². The molecule has 0 amide bonds. The maximum absolute atomic E-state index is 5.62. The lowest BCUT2D eigenvalue weighted by atomic mass is 9.84. The highest BCUT2D eigenvalue weighted by Crippen LogP contribution is 2.40. The van der Waals surface area contributed by atoms with Gasteiger partial charge >= 0.3 is 0 Å². The topological polar surface area (TPSA) is 39.1 Å². The predicted octanol–water partition coefficient (Wildman–Crippen LogP) is 3.63. The summed E-state index contributed by atoms with van der Waals surface area (Å²) in [6.45, 7) is 7.72. The number of hydrogen-bond donors (Lipinski definition) is 1. The smallest absolute Gasteiger partial charge is 0.161 e. The van der Waals surface area contributed by atoms with Crippen molar-refractivity contribution >= 4 is 0 Å². The molecular weight excluding hydrogens is 250 g/mol. The second kappa shape index (κ2) is 6.61. The lowest BCUT2D eigenvalue weighted by molar-refractivity contribution is 0.256. The molecular formula is C16H29N3O. The Kier molecular flexibility index (Phi) is 5.08. The highest BCUT2D eigenvalue weighted by molar-refractivity contribution is 5.33. The molecule has 0 aromatic carbocycles. The molecule has 1 N–H and O–H groups in total. The standard InChI is InChI=1S/C16H29N3O/c1-5-9-16(10-7-6-8-11-17-16)15-14(20-4)12-18-19(15)13(2)3/h12-13,17H,5-11H2,1-4H3. The molecule has 1 aromatic heterocycles. The van der Waals surface area contributed by atoms with Crippen LogP contribution in [0.25, 0.3) is 0 Å². The highest BCUT2D eigenvalue weighted by Gasteiger charge is 2.38. The molecule has 1 aliphatic heterocycles. The molecule has 114 valence electrons. The van der Waals surface area contributed by atoms with Crippen molar-refractivity contribution in [2.45, 2.75) is 70.9 Å². The lowest BCUT2D eigenvalue weighted by Gasteiger charge is -2.35. The van der Waals surface area contributed by atoms with Crippen molar-refractivity contribution in [2.75, 3.05) is 13.7 Å². The van der Waals surface area contributed by atoms with Crippen LogP contribution in [-0.2, 0) is 5.54 Å². The van der Waals surface area contributed by atoms with Gasteiger partial charge in [-0.05, 0) is 39.7 Å². The first kappa shape index (κ1) is 15.4. The van der Waals surface area contributed by atoms with Gasteiger partial charge in [-0.2, -0.15) is 5.10 Å². The van der Waals surface area contributed by atoms with Gasteiger partial charge in [-0.3, -0.25) is 4.68 Å². The Morgan fingerprint density at radius 3 is 2.85 bits per heavy atom. The minimum atomic E-state index is 0.0252. The minimum Gasteiger partial charge on any atom is -0.493 e. The predicted molar refractivity (Wildman–Crippen MR) is 82.2 cm³/mol. The summed E-state index contributed by atoms with van der Waals surface area (Å²) in [6, 6.07) is 0.354. The Morgan fingerprint density at radius 1 is 1.40 bits per heavy atom. The third-order valence-electron chi connectivity index (χ3n) is 4.34. The molecule has 1 aliphatic rings. The molecule has 2 rings (SSSR count). The maximum atomic E-state index is 5.62. The van der Waals surface area contributed by atoms with Crippen LogP contribution in [-0.4, -0.2) is 23.4 Å². The molecule has 4 heteroatoms. The molecule has 0 aliphatic carbocycles. The summed E-state index contributed by atoms with van der Waals surface area (Å²) in [6.07, 6.45) is 9.22. The fourth-order valence-corrected chi connectivity index (χ4v) is 3.45. The average Bonchev–Trinajstić information content (AvgIpc) is 2.74. The summed E-state index contributed by atoms with van der Waals surface area (Å²) in [5.74, 6) is 0.932. The Hall–Kier alpha value is -1.03. The van der Waals surface area contributed by atoms with Gasteiger partial charge in [0.25, 0.3) is 0 Å². The zero-order valence-electron chi connectivity index (χ0n) is 13.4. The SMILES string of the molecule is CCCC1(c2c(OC)cnn2C(C)C)CCCCCN1. The molecule has 0 bridgehead atoms. The Bertz CT molecular complexity index is 417. The van der Waals surface area contributed by atoms with E-state index in [0.717, 1.165) is 18.7 Å². The molecule has 1 atom stereocenters. The second-order valence-electron chi connectivity index (χ2n) is 6.17. The van der Waals surface area contributed by atoms with Gasteiger partial charge in [-0.1, -0.05) is 26.2 Å². The molecule has 0 spiro atoms. The van der Waals surface area contributed by atoms with Gasteiger partial charge in [-0.25, -0.2) is 0 Å². The Balaban J connectivity index is 2.49. The van der Waals surface area contributed by atoms with E-state index in [4.69, 9.17) is 4.74 Å². The Morgan fingerprint density at radius 2 is 2.20 bits per heavy atom. The van der Waals surface area contributed by atoms with Crippen molar-refractivity contribution in [3.63, 3.8) is 0 Å². The summed E-state index contributed by atoms with van der Waals surface area (Å²) >= 11 is 0. The van der Waals surface area contributed by atoms with E-state index < -0.39 is 0 Å². The van der Waals surface area contributed by atoms with Crippen molar-refractivity contribution in [2.24, 2.45) is 0 Å². The van der Waals surface area contributed by atoms with E-state index in [1.165, 1.54) is 37.8 Å². The number of nitrogens with one attached hydrogen (secondary N) is 1. The summed E-state index contributed by atoms with van der Waals surface area (Å²) in [5.41, 5.74) is 1.27.